The third-order valence-electron chi connectivity index (χ3n) is 4.76. The van der Waals surface area contributed by atoms with Crippen LogP contribution < -0.4 is 5.32 Å². The number of likely N-dealkylation sites (tertiary alicyclic amines) is 1. The topological polar surface area (TPSA) is 32.3 Å². The van der Waals surface area contributed by atoms with Crippen molar-refractivity contribution in [1.82, 2.24) is 10.2 Å². The normalized spacial score (nSPS) is 23.0. The zero-order valence-electron chi connectivity index (χ0n) is 12.8. The van der Waals surface area contributed by atoms with E-state index in [0.717, 1.165) is 19.5 Å². The largest absolute Gasteiger partial charge is 0.348 e. The fraction of sp³-hybridized carbons (Fsp3) is 0.588. The maximum Gasteiger partial charge on any atom is 0.254 e. The van der Waals surface area contributed by atoms with Crippen molar-refractivity contribution in [2.75, 3.05) is 13.1 Å². The van der Waals surface area contributed by atoms with Crippen LogP contribution in [-0.2, 0) is 0 Å². The van der Waals surface area contributed by atoms with Crippen LogP contribution in [0.4, 0.5) is 4.39 Å². The molecule has 1 unspecified atom stereocenters. The first-order valence-corrected chi connectivity index (χ1v) is 8.03. The molecule has 1 aromatic carbocycles. The minimum absolute atomic E-state index is 0. The van der Waals surface area contributed by atoms with Gasteiger partial charge >= 0.3 is 0 Å². The molecule has 0 spiro atoms. The van der Waals surface area contributed by atoms with Crippen molar-refractivity contribution in [3.63, 3.8) is 0 Å². The number of hydrogen-bond donors (Lipinski definition) is 1. The average molecular weight is 327 g/mol. The van der Waals surface area contributed by atoms with Crippen LogP contribution in [0.15, 0.2) is 24.3 Å². The van der Waals surface area contributed by atoms with Crippen molar-refractivity contribution < 1.29 is 9.18 Å². The lowest BCUT2D eigenvalue weighted by atomic mass is 9.94. The van der Waals surface area contributed by atoms with Gasteiger partial charge in [-0.05, 0) is 31.4 Å². The highest BCUT2D eigenvalue weighted by Gasteiger charge is 2.30. The number of nitrogens with zero attached hydrogens (tertiary/aromatic N) is 1. The van der Waals surface area contributed by atoms with Crippen LogP contribution in [0.5, 0.6) is 0 Å². The summed E-state index contributed by atoms with van der Waals surface area (Å²) in [5.41, 5.74) is 0.147. The van der Waals surface area contributed by atoms with E-state index in [1.54, 1.807) is 18.2 Å². The minimum atomic E-state index is -0.447. The molecule has 1 amide bonds. The van der Waals surface area contributed by atoms with Crippen molar-refractivity contribution in [2.45, 2.75) is 50.6 Å². The molecule has 0 aromatic heterocycles. The van der Waals surface area contributed by atoms with E-state index in [9.17, 15) is 9.18 Å². The zero-order valence-corrected chi connectivity index (χ0v) is 13.6. The number of carbonyl (C=O) groups excluding carboxylic acids is 1. The SMILES string of the molecule is Cl.O=C(NC1CCN(C2CCCCC2)C1)c1ccccc1F. The number of amides is 1. The van der Waals surface area contributed by atoms with Crippen LogP contribution in [0, 0.1) is 5.82 Å². The Morgan fingerprint density at radius 3 is 2.59 bits per heavy atom. The Morgan fingerprint density at radius 1 is 1.14 bits per heavy atom. The van der Waals surface area contributed by atoms with E-state index in [4.69, 9.17) is 0 Å². The highest BCUT2D eigenvalue weighted by atomic mass is 35.5. The molecule has 3 nitrogen and oxygen atoms in total. The molecule has 1 saturated carbocycles. The standard InChI is InChI=1S/C17H23FN2O.ClH/c18-16-9-5-4-8-15(16)17(21)19-13-10-11-20(12-13)14-6-2-1-3-7-14;/h4-5,8-9,13-14H,1-3,6-7,10-12H2,(H,19,21);1H. The van der Waals surface area contributed by atoms with E-state index < -0.39 is 5.82 Å². The van der Waals surface area contributed by atoms with Crippen LogP contribution in [0.3, 0.4) is 0 Å². The predicted molar refractivity (Wildman–Crippen MR) is 88.0 cm³/mol. The van der Waals surface area contributed by atoms with E-state index in [1.165, 1.54) is 38.2 Å². The van der Waals surface area contributed by atoms with Crippen molar-refractivity contribution in [1.29, 1.82) is 0 Å². The maximum absolute atomic E-state index is 13.6. The van der Waals surface area contributed by atoms with Crippen molar-refractivity contribution in [3.05, 3.63) is 35.6 Å². The molecule has 5 heteroatoms. The summed E-state index contributed by atoms with van der Waals surface area (Å²) in [6.45, 7) is 1.96. The van der Waals surface area contributed by atoms with Crippen molar-refractivity contribution in [3.8, 4) is 0 Å². The van der Waals surface area contributed by atoms with Gasteiger partial charge in [0.15, 0.2) is 0 Å². The Kier molecular flexibility index (Phi) is 6.21. The second-order valence-corrected chi connectivity index (χ2v) is 6.23. The van der Waals surface area contributed by atoms with E-state index in [-0.39, 0.29) is 29.9 Å². The highest BCUT2D eigenvalue weighted by Crippen LogP contribution is 2.25. The Balaban J connectivity index is 0.00000176. The summed E-state index contributed by atoms with van der Waals surface area (Å²) in [6.07, 6.45) is 7.55. The van der Waals surface area contributed by atoms with Crippen LogP contribution in [0.1, 0.15) is 48.9 Å². The number of nitrogens with one attached hydrogen (secondary N) is 1. The van der Waals surface area contributed by atoms with Crippen LogP contribution in [0.25, 0.3) is 0 Å². The molecular formula is C17H24ClFN2O. The molecule has 1 N–H and O–H groups in total. The molecule has 1 heterocycles. The van der Waals surface area contributed by atoms with Gasteiger partial charge in [0.2, 0.25) is 0 Å². The van der Waals surface area contributed by atoms with Crippen molar-refractivity contribution in [2.24, 2.45) is 0 Å². The van der Waals surface area contributed by atoms with Gasteiger partial charge in [-0.2, -0.15) is 0 Å². The molecule has 1 atom stereocenters. The molecule has 1 saturated heterocycles. The number of rotatable bonds is 3. The first kappa shape index (κ1) is 17.2. The number of hydrogen-bond acceptors (Lipinski definition) is 2. The minimum Gasteiger partial charge on any atom is -0.348 e. The van der Waals surface area contributed by atoms with E-state index in [0.29, 0.717) is 6.04 Å². The number of carbonyl (C=O) groups is 1. The lowest BCUT2D eigenvalue weighted by molar-refractivity contribution is 0.0930. The third-order valence-corrected chi connectivity index (χ3v) is 4.76. The molecule has 22 heavy (non-hydrogen) atoms. The molecular weight excluding hydrogens is 303 g/mol. The molecule has 1 aliphatic carbocycles. The predicted octanol–water partition coefficient (Wildman–Crippen LogP) is 3.38. The Bertz CT molecular complexity index is 505. The van der Waals surface area contributed by atoms with Gasteiger partial charge < -0.3 is 5.32 Å². The van der Waals surface area contributed by atoms with Crippen LogP contribution in [0.2, 0.25) is 0 Å². The number of halogens is 2. The molecule has 0 radical (unpaired) electrons. The van der Waals surface area contributed by atoms with Crippen LogP contribution >= 0.6 is 12.4 Å². The van der Waals surface area contributed by atoms with Crippen LogP contribution in [-0.4, -0.2) is 36.0 Å². The summed E-state index contributed by atoms with van der Waals surface area (Å²) in [4.78, 5) is 14.6. The average Bonchev–Trinajstić information content (AvgIpc) is 2.97. The Labute approximate surface area is 137 Å². The lowest BCUT2D eigenvalue weighted by Crippen LogP contribution is -2.40. The Morgan fingerprint density at radius 2 is 1.86 bits per heavy atom. The fourth-order valence-corrected chi connectivity index (χ4v) is 3.59. The summed E-state index contributed by atoms with van der Waals surface area (Å²) < 4.78 is 13.6. The molecule has 1 aromatic rings. The van der Waals surface area contributed by atoms with Gasteiger partial charge in [0.05, 0.1) is 5.56 Å². The van der Waals surface area contributed by atoms with Gasteiger partial charge in [-0.15, -0.1) is 12.4 Å². The summed E-state index contributed by atoms with van der Waals surface area (Å²) in [5.74, 6) is -0.735. The van der Waals surface area contributed by atoms with Gasteiger partial charge in [-0.1, -0.05) is 31.4 Å². The summed E-state index contributed by atoms with van der Waals surface area (Å²) in [7, 11) is 0. The molecule has 0 bridgehead atoms. The van der Waals surface area contributed by atoms with Gasteiger partial charge in [-0.25, -0.2) is 4.39 Å². The second-order valence-electron chi connectivity index (χ2n) is 6.23. The van der Waals surface area contributed by atoms with Gasteiger partial charge in [0.25, 0.3) is 5.91 Å². The van der Waals surface area contributed by atoms with Gasteiger partial charge in [0.1, 0.15) is 5.82 Å². The third kappa shape index (κ3) is 3.99. The summed E-state index contributed by atoms with van der Waals surface area (Å²) >= 11 is 0. The van der Waals surface area contributed by atoms with Gasteiger partial charge in [-0.3, -0.25) is 9.69 Å². The lowest BCUT2D eigenvalue weighted by Gasteiger charge is -2.31. The first-order chi connectivity index (χ1) is 10.2. The highest BCUT2D eigenvalue weighted by molar-refractivity contribution is 5.94. The maximum atomic E-state index is 13.6. The molecule has 2 aliphatic rings. The summed E-state index contributed by atoms with van der Waals surface area (Å²) in [6, 6.07) is 7.01. The fourth-order valence-electron chi connectivity index (χ4n) is 3.59. The van der Waals surface area contributed by atoms with E-state index in [1.807, 2.05) is 0 Å². The Hall–Kier alpha value is -1.13. The second kappa shape index (κ2) is 7.93. The summed E-state index contributed by atoms with van der Waals surface area (Å²) in [5, 5.41) is 2.98. The van der Waals surface area contributed by atoms with Gasteiger partial charge in [0, 0.05) is 25.2 Å². The molecule has 3 rings (SSSR count). The molecule has 122 valence electrons. The van der Waals surface area contributed by atoms with E-state index >= 15 is 0 Å². The first-order valence-electron chi connectivity index (χ1n) is 8.03. The zero-order chi connectivity index (χ0) is 14.7. The molecule has 2 fully saturated rings. The number of benzene rings is 1. The quantitative estimate of drug-likeness (QED) is 0.923. The molecule has 1 aliphatic heterocycles. The van der Waals surface area contributed by atoms with Crippen molar-refractivity contribution >= 4 is 18.3 Å². The van der Waals surface area contributed by atoms with E-state index in [2.05, 4.69) is 10.2 Å². The smallest absolute Gasteiger partial charge is 0.254 e. The monoisotopic (exact) mass is 326 g/mol.